The summed E-state index contributed by atoms with van der Waals surface area (Å²) in [5, 5.41) is 12.5. The third-order valence-electron chi connectivity index (χ3n) is 2.73. The number of carboxylic acid groups (broad SMARTS) is 1. The number of carbonyl (C=O) groups excluding carboxylic acids is 1. The Kier molecular flexibility index (Phi) is 5.47. The predicted molar refractivity (Wildman–Crippen MR) is 74.6 cm³/mol. The lowest BCUT2D eigenvalue weighted by atomic mass is 10.0. The molecule has 1 aromatic rings. The summed E-state index contributed by atoms with van der Waals surface area (Å²) in [4.78, 5) is 28.0. The van der Waals surface area contributed by atoms with E-state index in [1.54, 1.807) is 20.8 Å². The van der Waals surface area contributed by atoms with Gasteiger partial charge in [0.2, 0.25) is 0 Å². The maximum absolute atomic E-state index is 12.1. The largest absolute Gasteiger partial charge is 0.480 e. The molecule has 0 fully saturated rings. The molecule has 0 spiro atoms. The van der Waals surface area contributed by atoms with E-state index < -0.39 is 12.0 Å². The van der Waals surface area contributed by atoms with Gasteiger partial charge in [0.05, 0.1) is 10.7 Å². The van der Waals surface area contributed by atoms with Crippen molar-refractivity contribution in [3.05, 3.63) is 15.6 Å². The first-order valence-corrected chi connectivity index (χ1v) is 7.18. The lowest BCUT2D eigenvalue weighted by molar-refractivity contribution is -0.140. The third kappa shape index (κ3) is 4.02. The fourth-order valence-electron chi connectivity index (χ4n) is 1.70. The molecule has 1 rings (SSSR count). The third-order valence-corrected chi connectivity index (χ3v) is 3.95. The summed E-state index contributed by atoms with van der Waals surface area (Å²) in [6.07, 6.45) is 1.81. The zero-order valence-electron chi connectivity index (χ0n) is 11.7. The van der Waals surface area contributed by atoms with Crippen LogP contribution in [0.3, 0.4) is 0 Å². The normalized spacial score (nSPS) is 12.5. The summed E-state index contributed by atoms with van der Waals surface area (Å²) < 4.78 is 0. The fraction of sp³-hybridized carbons (Fsp3) is 0.615. The van der Waals surface area contributed by atoms with Crippen molar-refractivity contribution in [3.8, 4) is 0 Å². The van der Waals surface area contributed by atoms with E-state index in [1.165, 1.54) is 11.3 Å². The molecule has 0 aliphatic carbocycles. The SMILES string of the molecule is CCCc1nc(C)c(C(=O)N[C@H](C(=O)O)C(C)C)s1. The molecule has 19 heavy (non-hydrogen) atoms. The van der Waals surface area contributed by atoms with E-state index in [-0.39, 0.29) is 11.8 Å². The van der Waals surface area contributed by atoms with Crippen LogP contribution >= 0.6 is 11.3 Å². The number of nitrogens with zero attached hydrogens (tertiary/aromatic N) is 1. The first-order chi connectivity index (χ1) is 8.86. The standard InChI is InChI=1S/C13H20N2O3S/c1-5-6-9-14-8(4)11(19-9)12(16)15-10(7(2)3)13(17)18/h7,10H,5-6H2,1-4H3,(H,15,16)(H,17,18)/t10-/m0/s1. The van der Waals surface area contributed by atoms with Gasteiger partial charge in [-0.1, -0.05) is 20.8 Å². The van der Waals surface area contributed by atoms with E-state index in [4.69, 9.17) is 5.11 Å². The van der Waals surface area contributed by atoms with Gasteiger partial charge in [-0.05, 0) is 25.7 Å². The topological polar surface area (TPSA) is 79.3 Å². The van der Waals surface area contributed by atoms with Gasteiger partial charge >= 0.3 is 5.97 Å². The molecule has 106 valence electrons. The highest BCUT2D eigenvalue weighted by molar-refractivity contribution is 7.13. The first kappa shape index (κ1) is 15.6. The molecule has 6 heteroatoms. The summed E-state index contributed by atoms with van der Waals surface area (Å²) >= 11 is 1.34. The summed E-state index contributed by atoms with van der Waals surface area (Å²) in [6.45, 7) is 7.35. The summed E-state index contributed by atoms with van der Waals surface area (Å²) in [6, 6.07) is -0.872. The molecule has 0 radical (unpaired) electrons. The number of aliphatic carboxylic acids is 1. The number of amides is 1. The Morgan fingerprint density at radius 3 is 2.53 bits per heavy atom. The highest BCUT2D eigenvalue weighted by atomic mass is 32.1. The van der Waals surface area contributed by atoms with E-state index >= 15 is 0 Å². The second kappa shape index (κ2) is 6.65. The van der Waals surface area contributed by atoms with Crippen molar-refractivity contribution in [3.63, 3.8) is 0 Å². The molecule has 1 aromatic heterocycles. The Bertz CT molecular complexity index is 468. The summed E-state index contributed by atoms with van der Waals surface area (Å²) in [5.74, 6) is -1.53. The van der Waals surface area contributed by atoms with Gasteiger partial charge in [0.15, 0.2) is 0 Å². The van der Waals surface area contributed by atoms with E-state index in [2.05, 4.69) is 17.2 Å². The summed E-state index contributed by atoms with van der Waals surface area (Å²) in [7, 11) is 0. The Balaban J connectivity index is 2.85. The number of rotatable bonds is 6. The minimum absolute atomic E-state index is 0.162. The Morgan fingerprint density at radius 2 is 2.05 bits per heavy atom. The molecule has 2 N–H and O–H groups in total. The Labute approximate surface area is 117 Å². The van der Waals surface area contributed by atoms with Crippen LogP contribution in [0.15, 0.2) is 0 Å². The zero-order chi connectivity index (χ0) is 14.6. The molecule has 0 aliphatic heterocycles. The Morgan fingerprint density at radius 1 is 1.42 bits per heavy atom. The lowest BCUT2D eigenvalue weighted by Gasteiger charge is -2.17. The maximum Gasteiger partial charge on any atom is 0.326 e. The van der Waals surface area contributed by atoms with Gasteiger partial charge in [-0.15, -0.1) is 11.3 Å². The van der Waals surface area contributed by atoms with E-state index in [9.17, 15) is 9.59 Å². The second-order valence-electron chi connectivity index (χ2n) is 4.81. The van der Waals surface area contributed by atoms with Crippen molar-refractivity contribution < 1.29 is 14.7 Å². The number of carbonyl (C=O) groups is 2. The van der Waals surface area contributed by atoms with Crippen LogP contribution in [0.2, 0.25) is 0 Å². The molecular weight excluding hydrogens is 264 g/mol. The van der Waals surface area contributed by atoms with Gasteiger partial charge in [0.25, 0.3) is 5.91 Å². The van der Waals surface area contributed by atoms with Gasteiger partial charge in [0, 0.05) is 0 Å². The molecule has 0 unspecified atom stereocenters. The first-order valence-electron chi connectivity index (χ1n) is 6.36. The number of aromatic nitrogens is 1. The fourth-order valence-corrected chi connectivity index (χ4v) is 2.77. The summed E-state index contributed by atoms with van der Waals surface area (Å²) in [5.41, 5.74) is 0.666. The molecule has 1 heterocycles. The average molecular weight is 284 g/mol. The van der Waals surface area contributed by atoms with Crippen LogP contribution in [0.4, 0.5) is 0 Å². The van der Waals surface area contributed by atoms with Gasteiger partial charge < -0.3 is 10.4 Å². The van der Waals surface area contributed by atoms with Crippen LogP contribution < -0.4 is 5.32 Å². The molecule has 0 saturated heterocycles. The van der Waals surface area contributed by atoms with Gasteiger partial charge in [-0.2, -0.15) is 0 Å². The van der Waals surface area contributed by atoms with Gasteiger partial charge in [-0.25, -0.2) is 9.78 Å². The highest BCUT2D eigenvalue weighted by Crippen LogP contribution is 2.19. The minimum atomic E-state index is -1.01. The molecular formula is C13H20N2O3S. The molecule has 0 aliphatic rings. The van der Waals surface area contributed by atoms with Gasteiger partial charge in [-0.3, -0.25) is 4.79 Å². The van der Waals surface area contributed by atoms with Crippen molar-refractivity contribution in [2.24, 2.45) is 5.92 Å². The molecule has 5 nitrogen and oxygen atoms in total. The molecule has 0 bridgehead atoms. The smallest absolute Gasteiger partial charge is 0.326 e. The lowest BCUT2D eigenvalue weighted by Crippen LogP contribution is -2.44. The van der Waals surface area contributed by atoms with Crippen LogP contribution in [-0.2, 0) is 11.2 Å². The Hall–Kier alpha value is -1.43. The van der Waals surface area contributed by atoms with Crippen LogP contribution in [0, 0.1) is 12.8 Å². The van der Waals surface area contributed by atoms with Crippen molar-refractivity contribution in [2.45, 2.75) is 46.6 Å². The van der Waals surface area contributed by atoms with E-state index in [1.807, 2.05) is 0 Å². The monoisotopic (exact) mass is 284 g/mol. The highest BCUT2D eigenvalue weighted by Gasteiger charge is 2.25. The molecule has 1 atom stereocenters. The van der Waals surface area contributed by atoms with Crippen LogP contribution in [0.25, 0.3) is 0 Å². The van der Waals surface area contributed by atoms with Crippen molar-refractivity contribution in [1.29, 1.82) is 0 Å². The number of carboxylic acids is 1. The van der Waals surface area contributed by atoms with Crippen molar-refractivity contribution >= 4 is 23.2 Å². The quantitative estimate of drug-likeness (QED) is 0.839. The number of hydrogen-bond acceptors (Lipinski definition) is 4. The average Bonchev–Trinajstić information content (AvgIpc) is 2.66. The van der Waals surface area contributed by atoms with Gasteiger partial charge in [0.1, 0.15) is 10.9 Å². The van der Waals surface area contributed by atoms with Crippen molar-refractivity contribution in [1.82, 2.24) is 10.3 Å². The minimum Gasteiger partial charge on any atom is -0.480 e. The number of aryl methyl sites for hydroxylation is 2. The van der Waals surface area contributed by atoms with E-state index in [0.29, 0.717) is 10.6 Å². The van der Waals surface area contributed by atoms with Crippen LogP contribution in [0.5, 0.6) is 0 Å². The van der Waals surface area contributed by atoms with Crippen LogP contribution in [-0.4, -0.2) is 28.0 Å². The number of thiazole rings is 1. The second-order valence-corrected chi connectivity index (χ2v) is 5.89. The number of nitrogens with one attached hydrogen (secondary N) is 1. The molecule has 0 saturated carbocycles. The molecule has 0 aromatic carbocycles. The number of hydrogen-bond donors (Lipinski definition) is 2. The maximum atomic E-state index is 12.1. The van der Waals surface area contributed by atoms with E-state index in [0.717, 1.165) is 17.8 Å². The molecule has 1 amide bonds. The van der Waals surface area contributed by atoms with Crippen molar-refractivity contribution in [2.75, 3.05) is 0 Å². The van der Waals surface area contributed by atoms with Crippen LogP contribution in [0.1, 0.15) is 47.6 Å². The predicted octanol–water partition coefficient (Wildman–Crippen LogP) is 2.24. The zero-order valence-corrected chi connectivity index (χ0v) is 12.5.